The molecule has 0 radical (unpaired) electrons. The van der Waals surface area contributed by atoms with Crippen LogP contribution < -0.4 is 0 Å². The van der Waals surface area contributed by atoms with Gasteiger partial charge >= 0.3 is 0 Å². The number of hydrogen-bond donors (Lipinski definition) is 0. The van der Waals surface area contributed by atoms with Gasteiger partial charge in [0.25, 0.3) is 0 Å². The lowest BCUT2D eigenvalue weighted by atomic mass is 9.89. The van der Waals surface area contributed by atoms with Crippen LogP contribution >= 0.6 is 15.9 Å². The smallest absolute Gasteiger partial charge is 0.122 e. The number of aromatic nitrogens is 1. The summed E-state index contributed by atoms with van der Waals surface area (Å²) < 4.78 is 8.84. The predicted molar refractivity (Wildman–Crippen MR) is 104 cm³/mol. The van der Waals surface area contributed by atoms with E-state index in [1.54, 1.807) is 0 Å². The third-order valence-corrected chi connectivity index (χ3v) is 4.64. The monoisotopic (exact) mass is 385 g/mol. The van der Waals surface area contributed by atoms with Gasteiger partial charge in [-0.2, -0.15) is 0 Å². The molecule has 0 aliphatic carbocycles. The van der Waals surface area contributed by atoms with Crippen LogP contribution in [0.4, 0.5) is 0 Å². The van der Waals surface area contributed by atoms with Gasteiger partial charge in [-0.1, -0.05) is 72.1 Å². The van der Waals surface area contributed by atoms with Crippen LogP contribution in [0.5, 0.6) is 0 Å². The molecular formula is C20H36BrNO. The Morgan fingerprint density at radius 3 is 2.00 bits per heavy atom. The second kappa shape index (κ2) is 12.1. The molecule has 1 aromatic rings. The molecule has 1 aromatic heterocycles. The van der Waals surface area contributed by atoms with Crippen molar-refractivity contribution in [2.45, 2.75) is 91.7 Å². The van der Waals surface area contributed by atoms with E-state index in [1.165, 1.54) is 64.2 Å². The Hall–Kier alpha value is -0.280. The van der Waals surface area contributed by atoms with Gasteiger partial charge in [0.2, 0.25) is 0 Å². The van der Waals surface area contributed by atoms with Gasteiger partial charge < -0.3 is 9.30 Å². The molecule has 0 amide bonds. The SMILES string of the molecule is CC(C)(C)CCCCCCCCCCCOCn1ccc(Br)c1. The van der Waals surface area contributed by atoms with Crippen LogP contribution in [0.2, 0.25) is 0 Å². The molecule has 0 unspecified atom stereocenters. The van der Waals surface area contributed by atoms with Crippen LogP contribution in [0, 0.1) is 5.41 Å². The van der Waals surface area contributed by atoms with Crippen molar-refractivity contribution in [1.82, 2.24) is 4.57 Å². The zero-order chi connectivity index (χ0) is 17.0. The summed E-state index contributed by atoms with van der Waals surface area (Å²) in [5, 5.41) is 0. The highest BCUT2D eigenvalue weighted by Crippen LogP contribution is 2.22. The molecule has 0 saturated heterocycles. The molecule has 0 aliphatic rings. The Balaban J connectivity index is 1.76. The summed E-state index contributed by atoms with van der Waals surface area (Å²) in [7, 11) is 0. The van der Waals surface area contributed by atoms with Gasteiger partial charge in [-0.05, 0) is 40.3 Å². The Labute approximate surface area is 152 Å². The van der Waals surface area contributed by atoms with Crippen LogP contribution in [0.1, 0.15) is 85.0 Å². The number of unbranched alkanes of at least 4 members (excludes halogenated alkanes) is 8. The quantitative estimate of drug-likeness (QED) is 0.328. The van der Waals surface area contributed by atoms with E-state index >= 15 is 0 Å². The molecule has 1 rings (SSSR count). The second-order valence-corrected chi connectivity index (χ2v) is 8.79. The van der Waals surface area contributed by atoms with Gasteiger partial charge in [0.1, 0.15) is 6.73 Å². The third-order valence-electron chi connectivity index (χ3n) is 4.17. The fraction of sp³-hybridized carbons (Fsp3) is 0.800. The number of rotatable bonds is 13. The van der Waals surface area contributed by atoms with Crippen molar-refractivity contribution in [2.24, 2.45) is 5.41 Å². The largest absolute Gasteiger partial charge is 0.361 e. The number of nitrogens with zero attached hydrogens (tertiary/aromatic N) is 1. The molecule has 0 atom stereocenters. The molecule has 0 saturated carbocycles. The minimum absolute atomic E-state index is 0.514. The maximum Gasteiger partial charge on any atom is 0.122 e. The zero-order valence-electron chi connectivity index (χ0n) is 15.5. The van der Waals surface area contributed by atoms with Crippen molar-refractivity contribution >= 4 is 15.9 Å². The fourth-order valence-corrected chi connectivity index (χ4v) is 3.14. The highest BCUT2D eigenvalue weighted by Gasteiger charge is 2.08. The topological polar surface area (TPSA) is 14.2 Å². The second-order valence-electron chi connectivity index (χ2n) is 7.87. The highest BCUT2D eigenvalue weighted by atomic mass is 79.9. The molecule has 0 spiro atoms. The van der Waals surface area contributed by atoms with Gasteiger partial charge in [-0.25, -0.2) is 0 Å². The van der Waals surface area contributed by atoms with Crippen molar-refractivity contribution in [3.8, 4) is 0 Å². The molecule has 134 valence electrons. The summed E-state index contributed by atoms with van der Waals surface area (Å²) >= 11 is 3.44. The summed E-state index contributed by atoms with van der Waals surface area (Å²) in [6, 6.07) is 2.03. The lowest BCUT2D eigenvalue weighted by molar-refractivity contribution is 0.0740. The van der Waals surface area contributed by atoms with Crippen molar-refractivity contribution in [1.29, 1.82) is 0 Å². The van der Waals surface area contributed by atoms with E-state index in [0.29, 0.717) is 12.1 Å². The van der Waals surface area contributed by atoms with E-state index < -0.39 is 0 Å². The minimum atomic E-state index is 0.514. The van der Waals surface area contributed by atoms with Gasteiger partial charge in [-0.15, -0.1) is 0 Å². The van der Waals surface area contributed by atoms with Gasteiger partial charge in [0.05, 0.1) is 0 Å². The summed E-state index contributed by atoms with van der Waals surface area (Å²) in [6.07, 6.45) is 17.8. The molecule has 0 bridgehead atoms. The molecule has 0 aliphatic heterocycles. The minimum Gasteiger partial charge on any atom is -0.361 e. The first-order chi connectivity index (χ1) is 11.0. The molecule has 0 aromatic carbocycles. The van der Waals surface area contributed by atoms with Crippen LogP contribution in [0.3, 0.4) is 0 Å². The van der Waals surface area contributed by atoms with E-state index in [2.05, 4.69) is 41.3 Å². The lowest BCUT2D eigenvalue weighted by Gasteiger charge is -2.17. The van der Waals surface area contributed by atoms with Gasteiger partial charge in [0.15, 0.2) is 0 Å². The van der Waals surface area contributed by atoms with Crippen molar-refractivity contribution in [2.75, 3.05) is 6.61 Å². The Kier molecular flexibility index (Phi) is 11.0. The van der Waals surface area contributed by atoms with Crippen molar-refractivity contribution in [3.05, 3.63) is 22.9 Å². The van der Waals surface area contributed by atoms with E-state index in [9.17, 15) is 0 Å². The molecule has 3 heteroatoms. The van der Waals surface area contributed by atoms with Crippen LogP contribution in [-0.2, 0) is 11.5 Å². The molecular weight excluding hydrogens is 350 g/mol. The standard InChI is InChI=1S/C20H36BrNO/c1-20(2,3)14-11-9-7-5-4-6-8-10-12-16-23-18-22-15-13-19(21)17-22/h13,15,17H,4-12,14,16,18H2,1-3H3. The Morgan fingerprint density at radius 1 is 0.913 bits per heavy atom. The summed E-state index contributed by atoms with van der Waals surface area (Å²) in [6.45, 7) is 8.57. The van der Waals surface area contributed by atoms with E-state index in [1.807, 2.05) is 18.5 Å². The Morgan fingerprint density at radius 2 is 1.48 bits per heavy atom. The third kappa shape index (κ3) is 12.8. The van der Waals surface area contributed by atoms with Crippen LogP contribution in [0.25, 0.3) is 0 Å². The molecule has 0 N–H and O–H groups in total. The summed E-state index contributed by atoms with van der Waals surface area (Å²) in [5.41, 5.74) is 0.514. The zero-order valence-corrected chi connectivity index (χ0v) is 17.0. The first kappa shape index (κ1) is 20.8. The van der Waals surface area contributed by atoms with Gasteiger partial charge in [-0.3, -0.25) is 0 Å². The molecule has 0 fully saturated rings. The van der Waals surface area contributed by atoms with Crippen molar-refractivity contribution < 1.29 is 4.74 Å². The van der Waals surface area contributed by atoms with Crippen LogP contribution in [-0.4, -0.2) is 11.2 Å². The average Bonchev–Trinajstić information content (AvgIpc) is 2.88. The van der Waals surface area contributed by atoms with E-state index in [-0.39, 0.29) is 0 Å². The molecule has 2 nitrogen and oxygen atoms in total. The number of halogens is 1. The van der Waals surface area contributed by atoms with E-state index in [0.717, 1.165) is 11.1 Å². The van der Waals surface area contributed by atoms with E-state index in [4.69, 9.17) is 4.74 Å². The normalized spacial score (nSPS) is 12.0. The summed E-state index contributed by atoms with van der Waals surface area (Å²) in [5.74, 6) is 0. The van der Waals surface area contributed by atoms with Crippen LogP contribution in [0.15, 0.2) is 22.9 Å². The molecule has 23 heavy (non-hydrogen) atoms. The maximum absolute atomic E-state index is 5.67. The molecule has 1 heterocycles. The lowest BCUT2D eigenvalue weighted by Crippen LogP contribution is -2.03. The Bertz CT molecular complexity index is 395. The first-order valence-corrected chi connectivity index (χ1v) is 10.2. The maximum atomic E-state index is 5.67. The highest BCUT2D eigenvalue weighted by molar-refractivity contribution is 9.10. The average molecular weight is 386 g/mol. The predicted octanol–water partition coefficient (Wildman–Crippen LogP) is 7.17. The van der Waals surface area contributed by atoms with Crippen molar-refractivity contribution in [3.63, 3.8) is 0 Å². The van der Waals surface area contributed by atoms with Gasteiger partial charge in [0, 0.05) is 23.5 Å². The first-order valence-electron chi connectivity index (χ1n) is 9.36. The fourth-order valence-electron chi connectivity index (χ4n) is 2.76. The number of ether oxygens (including phenoxy) is 1. The summed E-state index contributed by atoms with van der Waals surface area (Å²) in [4.78, 5) is 0. The number of hydrogen-bond acceptors (Lipinski definition) is 1.